The molecule has 2 nitrogen and oxygen atoms in total. The van der Waals surface area contributed by atoms with Crippen LogP contribution in [0.15, 0.2) is 22.7 Å². The molecule has 0 aliphatic rings. The fraction of sp³-hybridized carbons (Fsp3) is 0.200. The van der Waals surface area contributed by atoms with Crippen molar-refractivity contribution in [3.63, 3.8) is 0 Å². The van der Waals surface area contributed by atoms with Gasteiger partial charge in [0, 0.05) is 10.9 Å². The first kappa shape index (κ1) is 9.94. The summed E-state index contributed by atoms with van der Waals surface area (Å²) in [5.41, 5.74) is 1.62. The van der Waals surface area contributed by atoms with Crippen LogP contribution in [0.4, 0.5) is 0 Å². The number of aldehydes is 1. The topological polar surface area (TPSA) is 40.9 Å². The molecule has 0 amide bonds. The predicted molar refractivity (Wildman–Crippen MR) is 53.2 cm³/mol. The minimum absolute atomic E-state index is 0.494. The molecule has 0 radical (unpaired) electrons. The van der Waals surface area contributed by atoms with E-state index in [1.54, 1.807) is 6.07 Å². The first-order valence-corrected chi connectivity index (χ1v) is 4.70. The number of benzene rings is 1. The van der Waals surface area contributed by atoms with Gasteiger partial charge >= 0.3 is 0 Å². The van der Waals surface area contributed by atoms with E-state index in [1.807, 2.05) is 12.1 Å². The van der Waals surface area contributed by atoms with Crippen LogP contribution in [-0.2, 0) is 11.2 Å². The minimum atomic E-state index is 0.494. The van der Waals surface area contributed by atoms with Gasteiger partial charge in [-0.25, -0.2) is 0 Å². The van der Waals surface area contributed by atoms with Crippen LogP contribution in [0.1, 0.15) is 17.5 Å². The molecule has 0 aromatic heterocycles. The quantitative estimate of drug-likeness (QED) is 0.759. The van der Waals surface area contributed by atoms with E-state index in [-0.39, 0.29) is 0 Å². The molecule has 1 aromatic rings. The third-order valence-electron chi connectivity index (χ3n) is 1.73. The van der Waals surface area contributed by atoms with Crippen LogP contribution in [0.25, 0.3) is 0 Å². The Morgan fingerprint density at radius 3 is 2.92 bits per heavy atom. The van der Waals surface area contributed by atoms with Crippen molar-refractivity contribution in [1.29, 1.82) is 5.26 Å². The van der Waals surface area contributed by atoms with Crippen LogP contribution in [0.3, 0.4) is 0 Å². The second-order valence-electron chi connectivity index (χ2n) is 2.60. The lowest BCUT2D eigenvalue weighted by Crippen LogP contribution is -1.90. The highest BCUT2D eigenvalue weighted by Crippen LogP contribution is 2.21. The number of hydrogen-bond acceptors (Lipinski definition) is 2. The molecule has 0 aliphatic heterocycles. The number of hydrogen-bond donors (Lipinski definition) is 0. The maximum Gasteiger partial charge on any atom is 0.120 e. The lowest BCUT2D eigenvalue weighted by Gasteiger charge is -2.02. The highest BCUT2D eigenvalue weighted by Gasteiger charge is 2.03. The normalized spacial score (nSPS) is 9.23. The Kier molecular flexibility index (Phi) is 3.66. The maximum atomic E-state index is 10.2. The monoisotopic (exact) mass is 237 g/mol. The molecule has 3 heteroatoms. The van der Waals surface area contributed by atoms with Gasteiger partial charge in [0.05, 0.1) is 5.56 Å². The zero-order chi connectivity index (χ0) is 9.68. The summed E-state index contributed by atoms with van der Waals surface area (Å²) in [6, 6.07) is 7.56. The van der Waals surface area contributed by atoms with Gasteiger partial charge in [-0.15, -0.1) is 0 Å². The summed E-state index contributed by atoms with van der Waals surface area (Å²) < 4.78 is 0.805. The van der Waals surface area contributed by atoms with Crippen molar-refractivity contribution in [2.24, 2.45) is 0 Å². The van der Waals surface area contributed by atoms with Crippen molar-refractivity contribution >= 4 is 22.2 Å². The molecule has 0 spiro atoms. The van der Waals surface area contributed by atoms with Gasteiger partial charge in [-0.05, 0) is 34.0 Å². The van der Waals surface area contributed by atoms with Gasteiger partial charge in [0.1, 0.15) is 12.4 Å². The van der Waals surface area contributed by atoms with Crippen LogP contribution in [0.5, 0.6) is 0 Å². The zero-order valence-corrected chi connectivity index (χ0v) is 8.54. The van der Waals surface area contributed by atoms with Crippen molar-refractivity contribution in [3.05, 3.63) is 33.8 Å². The summed E-state index contributed by atoms with van der Waals surface area (Å²) in [5.74, 6) is 0. The molecule has 13 heavy (non-hydrogen) atoms. The Morgan fingerprint density at radius 1 is 1.54 bits per heavy atom. The predicted octanol–water partition coefficient (Wildman–Crippen LogP) is 2.45. The lowest BCUT2D eigenvalue weighted by atomic mass is 10.1. The van der Waals surface area contributed by atoms with Gasteiger partial charge in [-0.1, -0.05) is 12.1 Å². The van der Waals surface area contributed by atoms with E-state index >= 15 is 0 Å². The van der Waals surface area contributed by atoms with E-state index in [2.05, 4.69) is 22.0 Å². The first-order valence-electron chi connectivity index (χ1n) is 3.90. The van der Waals surface area contributed by atoms with Crippen molar-refractivity contribution in [3.8, 4) is 6.07 Å². The Balaban J connectivity index is 2.95. The number of aryl methyl sites for hydroxylation is 1. The largest absolute Gasteiger partial charge is 0.303 e. The second-order valence-corrected chi connectivity index (χ2v) is 3.39. The summed E-state index contributed by atoms with van der Waals surface area (Å²) in [6.07, 6.45) is 2.05. The Morgan fingerprint density at radius 2 is 2.31 bits per heavy atom. The molecule has 0 heterocycles. The molecule has 1 rings (SSSR count). The second kappa shape index (κ2) is 4.78. The molecule has 0 saturated carbocycles. The van der Waals surface area contributed by atoms with Crippen LogP contribution in [0.2, 0.25) is 0 Å². The average Bonchev–Trinajstić information content (AvgIpc) is 2.16. The van der Waals surface area contributed by atoms with E-state index in [1.165, 1.54) is 0 Å². The Bertz CT molecular complexity index is 354. The number of halogens is 1. The van der Waals surface area contributed by atoms with Crippen LogP contribution in [-0.4, -0.2) is 6.29 Å². The van der Waals surface area contributed by atoms with Crippen LogP contribution < -0.4 is 0 Å². The average molecular weight is 238 g/mol. The van der Waals surface area contributed by atoms with E-state index in [0.717, 1.165) is 16.3 Å². The van der Waals surface area contributed by atoms with Crippen LogP contribution >= 0.6 is 15.9 Å². The van der Waals surface area contributed by atoms with Gasteiger partial charge in [-0.2, -0.15) is 5.26 Å². The molecule has 1 aromatic carbocycles. The zero-order valence-electron chi connectivity index (χ0n) is 6.96. The molecule has 0 bridgehead atoms. The summed E-state index contributed by atoms with van der Waals surface area (Å²) in [6.45, 7) is 0. The molecule has 0 saturated heterocycles. The van der Waals surface area contributed by atoms with E-state index in [4.69, 9.17) is 5.26 Å². The number of carbonyl (C=O) groups excluding carboxylic acids is 1. The molecule has 66 valence electrons. The van der Waals surface area contributed by atoms with Gasteiger partial charge in [0.25, 0.3) is 0 Å². The molecule has 0 aliphatic carbocycles. The summed E-state index contributed by atoms with van der Waals surface area (Å²) in [7, 11) is 0. The molecule has 0 N–H and O–H groups in total. The van der Waals surface area contributed by atoms with Crippen molar-refractivity contribution < 1.29 is 4.79 Å². The molecule has 0 atom stereocenters. The van der Waals surface area contributed by atoms with Crippen molar-refractivity contribution in [1.82, 2.24) is 0 Å². The number of nitriles is 1. The highest BCUT2D eigenvalue weighted by atomic mass is 79.9. The fourth-order valence-electron chi connectivity index (χ4n) is 1.07. The summed E-state index contributed by atoms with van der Waals surface area (Å²) in [4.78, 5) is 10.2. The third kappa shape index (κ3) is 2.40. The van der Waals surface area contributed by atoms with E-state index in [9.17, 15) is 4.79 Å². The first-order chi connectivity index (χ1) is 6.29. The lowest BCUT2D eigenvalue weighted by molar-refractivity contribution is -0.107. The molecule has 0 unspecified atom stereocenters. The number of carbonyl (C=O) groups is 1. The minimum Gasteiger partial charge on any atom is -0.303 e. The summed E-state index contributed by atoms with van der Waals surface area (Å²) in [5, 5.41) is 8.72. The van der Waals surface area contributed by atoms with Crippen molar-refractivity contribution in [2.75, 3.05) is 0 Å². The van der Waals surface area contributed by atoms with E-state index < -0.39 is 0 Å². The Hall–Kier alpha value is -1.14. The molecular formula is C10H8BrNO. The Labute approximate surface area is 85.3 Å². The highest BCUT2D eigenvalue weighted by molar-refractivity contribution is 9.10. The van der Waals surface area contributed by atoms with Gasteiger partial charge in [0.15, 0.2) is 0 Å². The SMILES string of the molecule is N#Cc1cccc(CCC=O)c1Br. The van der Waals surface area contributed by atoms with Gasteiger partial charge in [-0.3, -0.25) is 0 Å². The molecule has 0 fully saturated rings. The smallest absolute Gasteiger partial charge is 0.120 e. The van der Waals surface area contributed by atoms with Crippen molar-refractivity contribution in [2.45, 2.75) is 12.8 Å². The summed E-state index contributed by atoms with van der Waals surface area (Å²) >= 11 is 3.33. The molecular weight excluding hydrogens is 230 g/mol. The number of rotatable bonds is 3. The third-order valence-corrected chi connectivity index (χ3v) is 2.67. The maximum absolute atomic E-state index is 10.2. The van der Waals surface area contributed by atoms with Gasteiger partial charge in [0.2, 0.25) is 0 Å². The van der Waals surface area contributed by atoms with E-state index in [0.29, 0.717) is 18.4 Å². The fourth-order valence-corrected chi connectivity index (χ4v) is 1.62. The number of nitrogens with zero attached hydrogens (tertiary/aromatic N) is 1. The van der Waals surface area contributed by atoms with Gasteiger partial charge < -0.3 is 4.79 Å². The standard InChI is InChI=1S/C10H8BrNO/c11-10-8(5-2-6-13)3-1-4-9(10)7-12/h1,3-4,6H,2,5H2. The van der Waals surface area contributed by atoms with Crippen LogP contribution in [0, 0.1) is 11.3 Å².